The van der Waals surface area contributed by atoms with Crippen LogP contribution in [0.15, 0.2) is 55.0 Å². The van der Waals surface area contributed by atoms with E-state index in [0.717, 1.165) is 54.8 Å². The minimum Gasteiger partial charge on any atom is -0.393 e. The number of nitrogens with zero attached hydrogens (tertiary/aromatic N) is 4. The lowest BCUT2D eigenvalue weighted by Gasteiger charge is -2.29. The molecule has 11 heteroatoms. The first-order valence-corrected chi connectivity index (χ1v) is 11.4. The van der Waals surface area contributed by atoms with Crippen LogP contribution in [0.1, 0.15) is 34.5 Å². The lowest BCUT2D eigenvalue weighted by molar-refractivity contribution is -0.137. The van der Waals surface area contributed by atoms with Gasteiger partial charge in [-0.3, -0.25) is 19.8 Å². The number of fused-ring (bicyclic) bond motifs is 1. The number of carbonyl (C=O) groups is 1. The van der Waals surface area contributed by atoms with E-state index in [9.17, 15) is 23.1 Å². The van der Waals surface area contributed by atoms with Gasteiger partial charge < -0.3 is 10.4 Å². The van der Waals surface area contributed by atoms with Gasteiger partial charge in [-0.2, -0.15) is 18.3 Å². The van der Waals surface area contributed by atoms with Crippen LogP contribution in [-0.2, 0) is 12.7 Å². The number of carbonyl (C=O) groups excluding carboxylic acids is 1. The van der Waals surface area contributed by atoms with Gasteiger partial charge >= 0.3 is 6.18 Å². The summed E-state index contributed by atoms with van der Waals surface area (Å²) in [6.45, 7) is 2.34. The molecule has 1 saturated heterocycles. The summed E-state index contributed by atoms with van der Waals surface area (Å²) in [6, 6.07) is 9.41. The number of aromatic amines is 1. The second-order valence-corrected chi connectivity index (χ2v) is 8.77. The van der Waals surface area contributed by atoms with E-state index < -0.39 is 23.5 Å². The van der Waals surface area contributed by atoms with E-state index in [-0.39, 0.29) is 11.8 Å². The van der Waals surface area contributed by atoms with Crippen molar-refractivity contribution in [1.29, 1.82) is 0 Å². The molecule has 0 radical (unpaired) electrons. The second kappa shape index (κ2) is 9.67. The molecule has 0 atom stereocenters. The van der Waals surface area contributed by atoms with Crippen LogP contribution < -0.4 is 5.32 Å². The van der Waals surface area contributed by atoms with Gasteiger partial charge in [-0.05, 0) is 54.3 Å². The zero-order chi connectivity index (χ0) is 25.3. The van der Waals surface area contributed by atoms with E-state index in [1.54, 1.807) is 24.5 Å². The molecule has 0 bridgehead atoms. The number of hydrogen-bond donors (Lipinski definition) is 3. The van der Waals surface area contributed by atoms with Crippen molar-refractivity contribution < 1.29 is 23.1 Å². The predicted octanol–water partition coefficient (Wildman–Crippen LogP) is 4.25. The maximum absolute atomic E-state index is 13.3. The minimum absolute atomic E-state index is 0.0402. The Labute approximate surface area is 204 Å². The average molecular weight is 496 g/mol. The van der Waals surface area contributed by atoms with Gasteiger partial charge in [0, 0.05) is 49.2 Å². The number of H-pyrrole nitrogens is 1. The van der Waals surface area contributed by atoms with Crippen LogP contribution >= 0.6 is 0 Å². The lowest BCUT2D eigenvalue weighted by atomic mass is 10.0. The summed E-state index contributed by atoms with van der Waals surface area (Å²) in [5.41, 5.74) is 2.13. The SMILES string of the molecule is O=C(Nc1ncccc1C(F)(F)F)c1n[nH]c2ccc(-c3cncc(CN4CCC(O)CC4)c3)cc12. The number of amides is 1. The molecular formula is C25H23F3N6O2. The van der Waals surface area contributed by atoms with Gasteiger partial charge in [-0.25, -0.2) is 4.98 Å². The van der Waals surface area contributed by atoms with Gasteiger partial charge in [-0.15, -0.1) is 0 Å². The molecule has 1 aromatic carbocycles. The molecule has 4 aromatic rings. The summed E-state index contributed by atoms with van der Waals surface area (Å²) in [5.74, 6) is -1.38. The highest BCUT2D eigenvalue weighted by Gasteiger charge is 2.35. The van der Waals surface area contributed by atoms with E-state index in [4.69, 9.17) is 0 Å². The first kappa shape index (κ1) is 23.9. The van der Waals surface area contributed by atoms with Crippen LogP contribution in [0.2, 0.25) is 0 Å². The van der Waals surface area contributed by atoms with Crippen LogP contribution in [0.4, 0.5) is 19.0 Å². The fraction of sp³-hybridized carbons (Fsp3) is 0.280. The van der Waals surface area contributed by atoms with Gasteiger partial charge in [0.15, 0.2) is 5.69 Å². The van der Waals surface area contributed by atoms with Crippen molar-refractivity contribution in [3.8, 4) is 11.1 Å². The number of aliphatic hydroxyl groups excluding tert-OH is 1. The first-order valence-electron chi connectivity index (χ1n) is 11.4. The van der Waals surface area contributed by atoms with Crippen molar-refractivity contribution in [2.24, 2.45) is 0 Å². The van der Waals surface area contributed by atoms with Crippen LogP contribution in [0.25, 0.3) is 22.0 Å². The summed E-state index contributed by atoms with van der Waals surface area (Å²) in [6.07, 6.45) is 1.29. The zero-order valence-electron chi connectivity index (χ0n) is 19.1. The molecule has 1 aliphatic rings. The number of alkyl halides is 3. The molecule has 5 rings (SSSR count). The fourth-order valence-electron chi connectivity index (χ4n) is 4.33. The van der Waals surface area contributed by atoms with Crippen molar-refractivity contribution >= 4 is 22.6 Å². The number of piperidine rings is 1. The molecule has 3 N–H and O–H groups in total. The molecule has 8 nitrogen and oxygen atoms in total. The van der Waals surface area contributed by atoms with Crippen LogP contribution in [-0.4, -0.2) is 55.3 Å². The van der Waals surface area contributed by atoms with Crippen LogP contribution in [0.3, 0.4) is 0 Å². The number of hydrogen-bond acceptors (Lipinski definition) is 6. The summed E-state index contributed by atoms with van der Waals surface area (Å²) >= 11 is 0. The number of nitrogens with one attached hydrogen (secondary N) is 2. The molecule has 0 aliphatic carbocycles. The van der Waals surface area contributed by atoms with Crippen molar-refractivity contribution in [3.05, 3.63) is 71.8 Å². The number of likely N-dealkylation sites (tertiary alicyclic amines) is 1. The third-order valence-electron chi connectivity index (χ3n) is 6.21. The van der Waals surface area contributed by atoms with E-state index in [2.05, 4.69) is 30.4 Å². The fourth-order valence-corrected chi connectivity index (χ4v) is 4.33. The maximum Gasteiger partial charge on any atom is 0.419 e. The number of anilines is 1. The van der Waals surface area contributed by atoms with Crippen molar-refractivity contribution in [3.63, 3.8) is 0 Å². The molecule has 1 aliphatic heterocycles. The molecule has 0 spiro atoms. The largest absolute Gasteiger partial charge is 0.419 e. The third kappa shape index (κ3) is 5.07. The molecule has 0 unspecified atom stereocenters. The Hall–Kier alpha value is -3.83. The Kier molecular flexibility index (Phi) is 6.42. The number of halogens is 3. The summed E-state index contributed by atoms with van der Waals surface area (Å²) in [4.78, 5) is 23.2. The van der Waals surface area contributed by atoms with Crippen LogP contribution in [0.5, 0.6) is 0 Å². The highest BCUT2D eigenvalue weighted by atomic mass is 19.4. The third-order valence-corrected chi connectivity index (χ3v) is 6.21. The summed E-state index contributed by atoms with van der Waals surface area (Å²) < 4.78 is 39.9. The first-order chi connectivity index (χ1) is 17.3. The Bertz CT molecular complexity index is 1400. The molecule has 1 fully saturated rings. The highest BCUT2D eigenvalue weighted by Crippen LogP contribution is 2.34. The van der Waals surface area contributed by atoms with Gasteiger partial charge in [0.2, 0.25) is 0 Å². The normalized spacial score (nSPS) is 15.3. The van der Waals surface area contributed by atoms with Crippen molar-refractivity contribution in [2.45, 2.75) is 31.7 Å². The van der Waals surface area contributed by atoms with Crippen molar-refractivity contribution in [2.75, 3.05) is 18.4 Å². The van der Waals surface area contributed by atoms with E-state index >= 15 is 0 Å². The number of aromatic nitrogens is 4. The predicted molar refractivity (Wildman–Crippen MR) is 127 cm³/mol. The smallest absolute Gasteiger partial charge is 0.393 e. The molecule has 1 amide bonds. The van der Waals surface area contributed by atoms with Gasteiger partial charge in [0.1, 0.15) is 5.82 Å². The number of benzene rings is 1. The quantitative estimate of drug-likeness (QED) is 0.382. The van der Waals surface area contributed by atoms with Gasteiger partial charge in [-0.1, -0.05) is 6.07 Å². The Morgan fingerprint density at radius 1 is 1.14 bits per heavy atom. The monoisotopic (exact) mass is 496 g/mol. The zero-order valence-corrected chi connectivity index (χ0v) is 19.1. The molecule has 0 saturated carbocycles. The second-order valence-electron chi connectivity index (χ2n) is 8.77. The number of rotatable bonds is 5. The Balaban J connectivity index is 1.40. The lowest BCUT2D eigenvalue weighted by Crippen LogP contribution is -2.35. The Morgan fingerprint density at radius 2 is 1.94 bits per heavy atom. The van der Waals surface area contributed by atoms with Gasteiger partial charge in [0.25, 0.3) is 5.91 Å². The van der Waals surface area contributed by atoms with Crippen molar-refractivity contribution in [1.82, 2.24) is 25.1 Å². The molecular weight excluding hydrogens is 473 g/mol. The number of aliphatic hydroxyl groups is 1. The average Bonchev–Trinajstić information content (AvgIpc) is 3.29. The van der Waals surface area contributed by atoms with E-state index in [1.807, 2.05) is 12.1 Å². The molecule has 36 heavy (non-hydrogen) atoms. The summed E-state index contributed by atoms with van der Waals surface area (Å²) in [7, 11) is 0. The molecule has 186 valence electrons. The molecule has 4 heterocycles. The highest BCUT2D eigenvalue weighted by molar-refractivity contribution is 6.11. The van der Waals surface area contributed by atoms with Gasteiger partial charge in [0.05, 0.1) is 17.2 Å². The topological polar surface area (TPSA) is 107 Å². The molecule has 3 aromatic heterocycles. The summed E-state index contributed by atoms with van der Waals surface area (Å²) in [5, 5.41) is 19.2. The van der Waals surface area contributed by atoms with E-state index in [0.29, 0.717) is 17.4 Å². The minimum atomic E-state index is -4.66. The van der Waals surface area contributed by atoms with Crippen LogP contribution in [0, 0.1) is 0 Å². The van der Waals surface area contributed by atoms with E-state index in [1.165, 1.54) is 6.20 Å². The maximum atomic E-state index is 13.3. The Morgan fingerprint density at radius 3 is 2.72 bits per heavy atom. The standard InChI is InChI=1S/C25H23F3N6O2/c26-25(27,28)20-2-1-7-30-23(20)31-24(36)22-19-11-16(3-4-21(19)32-33-22)17-10-15(12-29-13-17)14-34-8-5-18(35)6-9-34/h1-4,7,10-13,18,35H,5-6,8-9,14H2,(H,32,33)(H,30,31,36). The number of pyridine rings is 2.